The smallest absolute Gasteiger partial charge is 0.871 e. The van der Waals surface area contributed by atoms with Gasteiger partial charge in [0.15, 0.2) is 11.4 Å². The minimum absolute atomic E-state index is 0. The van der Waals surface area contributed by atoms with E-state index in [1.54, 1.807) is 62.4 Å². The number of sulfonamides is 2. The van der Waals surface area contributed by atoms with Crippen molar-refractivity contribution in [3.63, 3.8) is 0 Å². The number of nitrogens with zero attached hydrogens (tertiary/aromatic N) is 6. The van der Waals surface area contributed by atoms with Crippen molar-refractivity contribution in [1.29, 1.82) is 0 Å². The molecule has 0 saturated carbocycles. The first-order valence-electron chi connectivity index (χ1n) is 15.1. The Morgan fingerprint density at radius 3 is 1.59 bits per heavy atom. The molecule has 6 aromatic rings. The van der Waals surface area contributed by atoms with Gasteiger partial charge < -0.3 is 10.2 Å². The van der Waals surface area contributed by atoms with Crippen LogP contribution >= 0.6 is 23.2 Å². The number of aromatic amines is 2. The first-order valence-corrected chi connectivity index (χ1v) is 19.0. The van der Waals surface area contributed by atoms with E-state index >= 15 is 0 Å². The Morgan fingerprint density at radius 1 is 0.714 bits per heavy atom. The van der Waals surface area contributed by atoms with Gasteiger partial charge in [-0.15, -0.1) is 15.3 Å². The summed E-state index contributed by atoms with van der Waals surface area (Å²) in [6.45, 7) is 3.22. The number of phenolic OH excluding ortho intramolecular Hbond substituents is 1. The van der Waals surface area contributed by atoms with E-state index in [2.05, 4.69) is 35.8 Å². The fourth-order valence-corrected chi connectivity index (χ4v) is 6.19. The summed E-state index contributed by atoms with van der Waals surface area (Å²) in [5.74, 6) is -0.850. The molecule has 18 nitrogen and oxygen atoms in total. The van der Waals surface area contributed by atoms with Gasteiger partial charge in [0.05, 0.1) is 43.4 Å². The van der Waals surface area contributed by atoms with Gasteiger partial charge in [-0.1, -0.05) is 59.3 Å². The van der Waals surface area contributed by atoms with Crippen molar-refractivity contribution in [2.45, 2.75) is 23.6 Å². The molecule has 56 heavy (non-hydrogen) atoms. The number of azo groups is 2. The number of phenols is 1. The Labute approximate surface area is 361 Å². The Bertz CT molecular complexity index is 2630. The molecule has 0 radical (unpaired) electrons. The molecular weight excluding hydrogens is 862 g/mol. The van der Waals surface area contributed by atoms with Crippen LogP contribution in [0.2, 0.25) is 10.0 Å². The molecule has 0 spiro atoms. The van der Waals surface area contributed by atoms with E-state index in [1.165, 1.54) is 21.5 Å². The van der Waals surface area contributed by atoms with Crippen molar-refractivity contribution in [3.8, 4) is 22.9 Å². The van der Waals surface area contributed by atoms with Crippen LogP contribution in [0.25, 0.3) is 11.4 Å². The minimum atomic E-state index is -4.01. The maximum atomic E-state index is 12.6. The average Bonchev–Trinajstić information content (AvgIpc) is 3.55. The number of rotatable bonds is 8. The zero-order valence-corrected chi connectivity index (χ0v) is 35.8. The summed E-state index contributed by atoms with van der Waals surface area (Å²) in [4.78, 5) is 24.8. The molecule has 0 fully saturated rings. The van der Waals surface area contributed by atoms with Gasteiger partial charge >= 0.3 is 39.6 Å². The monoisotopic (exact) mass is 889 g/mol. The molecule has 2 heterocycles. The van der Waals surface area contributed by atoms with E-state index in [0.717, 1.165) is 24.3 Å². The Hall–Kier alpha value is -4.37. The third-order valence-electron chi connectivity index (χ3n) is 7.35. The summed E-state index contributed by atoms with van der Waals surface area (Å²) in [7, 11) is -7.73. The number of nitrogens with one attached hydrogen (secondary N) is 2. The van der Waals surface area contributed by atoms with Gasteiger partial charge in [0.2, 0.25) is 10.0 Å². The van der Waals surface area contributed by atoms with Crippen molar-refractivity contribution in [2.75, 3.05) is 0 Å². The largest absolute Gasteiger partial charge is 1.00 e. The first kappa shape index (κ1) is 46.0. The van der Waals surface area contributed by atoms with E-state index in [9.17, 15) is 36.6 Å². The third kappa shape index (κ3) is 10.5. The zero-order chi connectivity index (χ0) is 39.5. The number of aromatic nitrogens is 4. The fraction of sp³-hybridized carbons (Fsp3) is 0.0625. The van der Waals surface area contributed by atoms with Crippen molar-refractivity contribution in [3.05, 3.63) is 127 Å². The van der Waals surface area contributed by atoms with E-state index in [-0.39, 0.29) is 85.2 Å². The number of halogens is 2. The number of hydrogen-bond acceptors (Lipinski definition) is 12. The molecule has 0 saturated heterocycles. The maximum Gasteiger partial charge on any atom is 1.00 e. The predicted molar refractivity (Wildman–Crippen MR) is 196 cm³/mol. The summed E-state index contributed by atoms with van der Waals surface area (Å²) < 4.78 is 48.3. The molecule has 2 aromatic heterocycles. The van der Waals surface area contributed by atoms with Crippen LogP contribution in [0.15, 0.2) is 125 Å². The van der Waals surface area contributed by atoms with E-state index in [0.29, 0.717) is 32.8 Å². The van der Waals surface area contributed by atoms with Gasteiger partial charge in [-0.25, -0.2) is 28.1 Å². The quantitative estimate of drug-likeness (QED) is 0.110. The number of para-hydroxylation sites is 2. The number of H-pyrrole nitrogens is 2. The number of primary sulfonamides is 1. The van der Waals surface area contributed by atoms with Gasteiger partial charge in [0.25, 0.3) is 11.1 Å². The molecule has 8 N–H and O–H groups in total. The number of nitrogens with two attached hydrogens (primary N) is 1. The molecule has 4 aromatic carbocycles. The molecule has 6 rings (SSSR count). The van der Waals surface area contributed by atoms with Crippen LogP contribution in [-0.4, -0.2) is 41.5 Å². The Balaban J connectivity index is 0.000000290. The van der Waals surface area contributed by atoms with Crippen LogP contribution in [0.5, 0.6) is 11.5 Å². The summed E-state index contributed by atoms with van der Waals surface area (Å²) in [5, 5.41) is 51.5. The van der Waals surface area contributed by atoms with E-state index < -0.39 is 36.9 Å². The summed E-state index contributed by atoms with van der Waals surface area (Å²) in [6.07, 6.45) is 0. The molecule has 0 atom stereocenters. The first-order chi connectivity index (χ1) is 25.4. The second kappa shape index (κ2) is 18.7. The number of aryl methyl sites for hydroxylation is 2. The second-order valence-electron chi connectivity index (χ2n) is 11.2. The van der Waals surface area contributed by atoms with Crippen LogP contribution in [0, 0.1) is 13.8 Å². The molecule has 0 aliphatic heterocycles. The van der Waals surface area contributed by atoms with Crippen molar-refractivity contribution < 1.29 is 79.1 Å². The number of hydrogen-bond donors (Lipinski definition) is 5. The fourth-order valence-electron chi connectivity index (χ4n) is 4.65. The standard InChI is InChI=1S/2C16H14ClN5O4S.Cr.Na/c2*1-9-15(16(24)22(21-9)13-5-3-2-4-11(13)17)20-19-12-8-10(27(18,25)26)6-7-14(12)23;;/h2*2-8,21,23H,1H3,(H2,18,25,26);;/q;;;+1. The topological polar surface area (TPSA) is 290 Å². The van der Waals surface area contributed by atoms with Crippen molar-refractivity contribution >= 4 is 66.0 Å². The van der Waals surface area contributed by atoms with E-state index in [4.69, 9.17) is 28.3 Å². The van der Waals surface area contributed by atoms with Gasteiger partial charge in [-0.05, 0) is 68.4 Å². The second-order valence-corrected chi connectivity index (χ2v) is 15.3. The van der Waals surface area contributed by atoms with E-state index in [1.807, 2.05) is 0 Å². The third-order valence-corrected chi connectivity index (χ3v) is 9.87. The van der Waals surface area contributed by atoms with Crippen LogP contribution in [0.4, 0.5) is 22.7 Å². The molecule has 286 valence electrons. The van der Waals surface area contributed by atoms with Gasteiger partial charge in [0.1, 0.15) is 16.3 Å². The van der Waals surface area contributed by atoms with Crippen molar-refractivity contribution in [1.82, 2.24) is 19.6 Å². The molecule has 24 heteroatoms. The predicted octanol–water partition coefficient (Wildman–Crippen LogP) is 1.44. The normalized spacial score (nSPS) is 11.5. The summed E-state index contributed by atoms with van der Waals surface area (Å²) in [6, 6.07) is 20.0. The molecule has 0 aliphatic rings. The van der Waals surface area contributed by atoms with Crippen LogP contribution in [-0.2, 0) is 37.4 Å². The number of aromatic hydroxyl groups is 1. The SMILES string of the molecule is Cc1[nH]n(-c2ccccc2Cl)c(=O)c1N=Nc1cc(S(N)(=O)=O)ccc1[O-].Cc1[nH]n(-c2ccccc2Cl)c(=O)c1N=Nc1cc(S([NH3+])(=O)=O)ccc1O.[Cr].[Na+]. The number of quaternary nitrogens is 1. The molecular formula is C32H28Cl2CrN10NaO8S2+. The maximum absolute atomic E-state index is 12.6. The Morgan fingerprint density at radius 2 is 1.14 bits per heavy atom. The Kier molecular flexibility index (Phi) is 15.4. The molecule has 0 amide bonds. The number of benzene rings is 4. The van der Waals surface area contributed by atoms with Gasteiger partial charge in [-0.3, -0.25) is 19.8 Å². The zero-order valence-electron chi connectivity index (χ0n) is 29.3. The minimum Gasteiger partial charge on any atom is -0.871 e. The average molecular weight is 891 g/mol. The van der Waals surface area contributed by atoms with Crippen LogP contribution in [0.1, 0.15) is 11.4 Å². The van der Waals surface area contributed by atoms with Crippen molar-refractivity contribution in [2.24, 2.45) is 25.6 Å². The molecule has 0 aliphatic carbocycles. The summed E-state index contributed by atoms with van der Waals surface area (Å²) >= 11 is 12.2. The van der Waals surface area contributed by atoms with Crippen LogP contribution < -0.4 is 56.1 Å². The van der Waals surface area contributed by atoms with Gasteiger partial charge in [0, 0.05) is 17.4 Å². The summed E-state index contributed by atoms with van der Waals surface area (Å²) in [5.41, 5.74) is 0.241. The molecule has 0 bridgehead atoms. The molecule has 0 unspecified atom stereocenters. The van der Waals surface area contributed by atoms with Gasteiger partial charge in [-0.2, -0.15) is 13.5 Å². The van der Waals surface area contributed by atoms with Crippen LogP contribution in [0.3, 0.4) is 0 Å².